The summed E-state index contributed by atoms with van der Waals surface area (Å²) in [5, 5.41) is 3.31. The van der Waals surface area contributed by atoms with E-state index in [-0.39, 0.29) is 22.8 Å². The lowest BCUT2D eigenvalue weighted by atomic mass is 9.96. The van der Waals surface area contributed by atoms with Crippen molar-refractivity contribution in [1.29, 1.82) is 0 Å². The molecule has 12 heteroatoms. The molecule has 160 valence electrons. The van der Waals surface area contributed by atoms with Crippen molar-refractivity contribution in [2.75, 3.05) is 11.3 Å². The van der Waals surface area contributed by atoms with Crippen molar-refractivity contribution in [2.45, 2.75) is 24.4 Å². The topological polar surface area (TPSA) is 119 Å². The van der Waals surface area contributed by atoms with E-state index in [9.17, 15) is 17.6 Å². The number of anilines is 1. The maximum absolute atomic E-state index is 14.8. The van der Waals surface area contributed by atoms with Crippen LogP contribution >= 0.6 is 11.5 Å². The first-order valence-electron chi connectivity index (χ1n) is 9.35. The van der Waals surface area contributed by atoms with Gasteiger partial charge in [-0.1, -0.05) is 18.2 Å². The normalized spacial score (nSPS) is 14.0. The van der Waals surface area contributed by atoms with Crippen molar-refractivity contribution in [3.8, 4) is 0 Å². The average molecular weight is 462 g/mol. The molecule has 2 aromatic heterocycles. The Hall–Kier alpha value is -3.09. The SMILES string of the molecule is O=c1oc2cc(S(=O)(=O)Nc3ncns3)c(F)cc2n1Cc1cccc2c1CNCC2. The Morgan fingerprint density at radius 2 is 2.19 bits per heavy atom. The molecule has 0 atom stereocenters. The maximum Gasteiger partial charge on any atom is 0.420 e. The number of hydrogen-bond donors (Lipinski definition) is 2. The van der Waals surface area contributed by atoms with Gasteiger partial charge in [-0.25, -0.2) is 22.6 Å². The molecule has 31 heavy (non-hydrogen) atoms. The van der Waals surface area contributed by atoms with Gasteiger partial charge in [0.1, 0.15) is 17.0 Å². The van der Waals surface area contributed by atoms with Crippen LogP contribution in [0, 0.1) is 5.82 Å². The zero-order valence-corrected chi connectivity index (χ0v) is 17.6. The predicted octanol–water partition coefficient (Wildman–Crippen LogP) is 2.08. The van der Waals surface area contributed by atoms with Gasteiger partial charge in [0.15, 0.2) is 5.58 Å². The van der Waals surface area contributed by atoms with Gasteiger partial charge in [0.2, 0.25) is 5.13 Å². The van der Waals surface area contributed by atoms with Crippen LogP contribution in [-0.2, 0) is 29.5 Å². The lowest BCUT2D eigenvalue weighted by Crippen LogP contribution is -2.26. The quantitative estimate of drug-likeness (QED) is 0.467. The summed E-state index contributed by atoms with van der Waals surface area (Å²) >= 11 is 0.816. The summed E-state index contributed by atoms with van der Waals surface area (Å²) in [6.07, 6.45) is 2.07. The van der Waals surface area contributed by atoms with Crippen LogP contribution < -0.4 is 15.8 Å². The zero-order chi connectivity index (χ0) is 21.6. The highest BCUT2D eigenvalue weighted by atomic mass is 32.2. The number of sulfonamides is 1. The molecule has 4 aromatic rings. The lowest BCUT2D eigenvalue weighted by molar-refractivity contribution is 0.515. The summed E-state index contributed by atoms with van der Waals surface area (Å²) in [6, 6.07) is 7.91. The first kappa shape index (κ1) is 19.8. The van der Waals surface area contributed by atoms with Crippen LogP contribution in [-0.4, -0.2) is 28.9 Å². The van der Waals surface area contributed by atoms with Crippen molar-refractivity contribution in [3.63, 3.8) is 0 Å². The van der Waals surface area contributed by atoms with Crippen molar-refractivity contribution < 1.29 is 17.2 Å². The summed E-state index contributed by atoms with van der Waals surface area (Å²) in [5.41, 5.74) is 3.39. The molecular weight excluding hydrogens is 445 g/mol. The lowest BCUT2D eigenvalue weighted by Gasteiger charge is -2.20. The number of nitrogens with one attached hydrogen (secondary N) is 2. The second-order valence-electron chi connectivity index (χ2n) is 7.04. The molecule has 1 aliphatic heterocycles. The van der Waals surface area contributed by atoms with E-state index in [1.807, 2.05) is 12.1 Å². The van der Waals surface area contributed by atoms with Gasteiger partial charge in [-0.3, -0.25) is 9.29 Å². The van der Waals surface area contributed by atoms with Crippen molar-refractivity contribution in [1.82, 2.24) is 19.2 Å². The average Bonchev–Trinajstić information content (AvgIpc) is 3.35. The summed E-state index contributed by atoms with van der Waals surface area (Å²) in [5.74, 6) is -1.70. The molecular formula is C19H16FN5O4S2. The van der Waals surface area contributed by atoms with Crippen LogP contribution in [0.2, 0.25) is 0 Å². The molecule has 2 N–H and O–H groups in total. The molecule has 0 bridgehead atoms. The Morgan fingerprint density at radius 3 is 3.00 bits per heavy atom. The minimum absolute atomic E-state index is 0.000908. The van der Waals surface area contributed by atoms with Gasteiger partial charge in [0.05, 0.1) is 12.1 Å². The Morgan fingerprint density at radius 1 is 1.32 bits per heavy atom. The standard InChI is InChI=1S/C19H16FN5O4S2/c20-14-6-15-16(7-17(14)31(27,28)24-18-22-10-23-30-18)29-19(26)25(15)9-12-3-1-2-11-4-5-21-8-13(11)12/h1-3,6-7,10,21H,4-5,8-9H2,(H,22,23,24). The molecule has 9 nitrogen and oxygen atoms in total. The van der Waals surface area contributed by atoms with Gasteiger partial charge < -0.3 is 9.73 Å². The molecule has 0 saturated carbocycles. The number of oxazole rings is 1. The third-order valence-corrected chi connectivity index (χ3v) is 7.23. The van der Waals surface area contributed by atoms with Gasteiger partial charge in [0, 0.05) is 30.2 Å². The first-order valence-corrected chi connectivity index (χ1v) is 11.6. The Bertz CT molecular complexity index is 1440. The van der Waals surface area contributed by atoms with E-state index in [0.29, 0.717) is 6.54 Å². The summed E-state index contributed by atoms with van der Waals surface area (Å²) in [4.78, 5) is 15.6. The van der Waals surface area contributed by atoms with E-state index in [4.69, 9.17) is 4.42 Å². The fraction of sp³-hybridized carbons (Fsp3) is 0.211. The molecule has 0 saturated heterocycles. The Balaban J connectivity index is 1.56. The van der Waals surface area contributed by atoms with Gasteiger partial charge in [-0.15, -0.1) is 0 Å². The second-order valence-corrected chi connectivity index (χ2v) is 9.47. The van der Waals surface area contributed by atoms with Crippen LogP contribution in [0.3, 0.4) is 0 Å². The van der Waals surface area contributed by atoms with Gasteiger partial charge in [0.25, 0.3) is 10.0 Å². The van der Waals surface area contributed by atoms with Crippen molar-refractivity contribution in [3.05, 3.63) is 69.7 Å². The maximum atomic E-state index is 14.8. The number of aromatic nitrogens is 3. The number of benzene rings is 2. The number of halogens is 1. The predicted molar refractivity (Wildman–Crippen MR) is 112 cm³/mol. The number of hydrogen-bond acceptors (Lipinski definition) is 8. The van der Waals surface area contributed by atoms with Crippen LogP contribution in [0.5, 0.6) is 0 Å². The molecule has 0 unspecified atom stereocenters. The van der Waals surface area contributed by atoms with Crippen LogP contribution in [0.1, 0.15) is 16.7 Å². The number of nitrogens with zero attached hydrogens (tertiary/aromatic N) is 3. The minimum atomic E-state index is -4.28. The molecule has 5 rings (SSSR count). The van der Waals surface area contributed by atoms with Gasteiger partial charge >= 0.3 is 5.76 Å². The molecule has 0 spiro atoms. The van der Waals surface area contributed by atoms with Gasteiger partial charge in [-0.2, -0.15) is 4.37 Å². The van der Waals surface area contributed by atoms with Crippen LogP contribution in [0.15, 0.2) is 50.8 Å². The van der Waals surface area contributed by atoms with E-state index in [0.717, 1.165) is 47.8 Å². The molecule has 0 fully saturated rings. The largest absolute Gasteiger partial charge is 0.420 e. The smallest absolute Gasteiger partial charge is 0.408 e. The van der Waals surface area contributed by atoms with E-state index in [2.05, 4.69) is 25.5 Å². The van der Waals surface area contributed by atoms with E-state index < -0.39 is 26.5 Å². The highest BCUT2D eigenvalue weighted by Gasteiger charge is 2.24. The fourth-order valence-corrected chi connectivity index (χ4v) is 5.45. The monoisotopic (exact) mass is 461 g/mol. The molecule has 0 amide bonds. The highest BCUT2D eigenvalue weighted by molar-refractivity contribution is 7.93. The third kappa shape index (κ3) is 3.62. The molecule has 1 aliphatic rings. The minimum Gasteiger partial charge on any atom is -0.408 e. The fourth-order valence-electron chi connectivity index (χ4n) is 3.71. The first-order chi connectivity index (χ1) is 14.9. The van der Waals surface area contributed by atoms with Crippen LogP contribution in [0.4, 0.5) is 9.52 Å². The van der Waals surface area contributed by atoms with E-state index in [1.54, 1.807) is 0 Å². The van der Waals surface area contributed by atoms with E-state index >= 15 is 0 Å². The Labute approximate surface area is 179 Å². The van der Waals surface area contributed by atoms with E-state index in [1.165, 1.54) is 16.5 Å². The third-order valence-electron chi connectivity index (χ3n) is 5.17. The molecule has 0 radical (unpaired) electrons. The molecule has 0 aliphatic carbocycles. The summed E-state index contributed by atoms with van der Waals surface area (Å²) < 4.78 is 52.4. The number of rotatable bonds is 5. The van der Waals surface area contributed by atoms with Crippen molar-refractivity contribution in [2.24, 2.45) is 0 Å². The zero-order valence-electron chi connectivity index (χ0n) is 16.0. The highest BCUT2D eigenvalue weighted by Crippen LogP contribution is 2.26. The van der Waals surface area contributed by atoms with Crippen molar-refractivity contribution >= 4 is 37.8 Å². The molecule has 3 heterocycles. The van der Waals surface area contributed by atoms with Crippen LogP contribution in [0.25, 0.3) is 11.1 Å². The summed E-state index contributed by atoms with van der Waals surface area (Å²) in [6.45, 7) is 1.76. The second kappa shape index (κ2) is 7.55. The Kier molecular flexibility index (Phi) is 4.84. The number of fused-ring (bicyclic) bond motifs is 2. The molecule has 2 aromatic carbocycles. The van der Waals surface area contributed by atoms with Gasteiger partial charge in [-0.05, 0) is 29.7 Å². The summed E-state index contributed by atoms with van der Waals surface area (Å²) in [7, 11) is -4.28.